The molecule has 0 radical (unpaired) electrons. The molecule has 3 heteroatoms. The third-order valence-electron chi connectivity index (χ3n) is 2.34. The maximum absolute atomic E-state index is 12.9. The van der Waals surface area contributed by atoms with Gasteiger partial charge in [0.15, 0.2) is 11.6 Å². The van der Waals surface area contributed by atoms with Gasteiger partial charge in [0.1, 0.15) is 0 Å². The Morgan fingerprint density at radius 1 is 1.20 bits per heavy atom. The molecule has 0 aliphatic rings. The fraction of sp³-hybridized carbons (Fsp3) is 0.500. The van der Waals surface area contributed by atoms with Gasteiger partial charge in [-0.25, -0.2) is 8.78 Å². The summed E-state index contributed by atoms with van der Waals surface area (Å²) in [6.07, 6.45) is 0.695. The van der Waals surface area contributed by atoms with Crippen LogP contribution in [0.3, 0.4) is 0 Å². The van der Waals surface area contributed by atoms with Crippen LogP contribution in [0.2, 0.25) is 0 Å². The van der Waals surface area contributed by atoms with Gasteiger partial charge >= 0.3 is 0 Å². The van der Waals surface area contributed by atoms with Gasteiger partial charge in [-0.05, 0) is 29.5 Å². The molecule has 0 saturated heterocycles. The quantitative estimate of drug-likeness (QED) is 0.706. The molecule has 0 N–H and O–H groups in total. The molecular formula is C12H15BrF2. The fourth-order valence-electron chi connectivity index (χ4n) is 1.18. The molecule has 0 heterocycles. The highest BCUT2D eigenvalue weighted by atomic mass is 79.9. The highest BCUT2D eigenvalue weighted by Gasteiger charge is 2.22. The molecule has 15 heavy (non-hydrogen) atoms. The Hall–Kier alpha value is -0.440. The summed E-state index contributed by atoms with van der Waals surface area (Å²) < 4.78 is 25.6. The van der Waals surface area contributed by atoms with Crippen LogP contribution in [0.4, 0.5) is 8.78 Å². The molecule has 1 atom stereocenters. The monoisotopic (exact) mass is 276 g/mol. The Morgan fingerprint density at radius 3 is 2.27 bits per heavy atom. The zero-order chi connectivity index (χ0) is 11.6. The second-order valence-corrected chi connectivity index (χ2v) is 5.89. The average Bonchev–Trinajstić information content (AvgIpc) is 2.10. The SMILES string of the molecule is CC(C)(C)C(Br)Cc1ccc(F)c(F)c1. The van der Waals surface area contributed by atoms with Crippen LogP contribution in [0, 0.1) is 17.0 Å². The van der Waals surface area contributed by atoms with Gasteiger partial charge in [-0.2, -0.15) is 0 Å². The van der Waals surface area contributed by atoms with E-state index in [1.807, 2.05) is 0 Å². The van der Waals surface area contributed by atoms with Gasteiger partial charge in [-0.15, -0.1) is 0 Å². The first-order chi connectivity index (χ1) is 6.80. The minimum atomic E-state index is -0.791. The van der Waals surface area contributed by atoms with E-state index in [9.17, 15) is 8.78 Å². The molecule has 0 nitrogen and oxygen atoms in total. The number of hydrogen-bond donors (Lipinski definition) is 0. The standard InChI is InChI=1S/C12H15BrF2/c1-12(2,3)11(13)7-8-4-5-9(14)10(15)6-8/h4-6,11H,7H2,1-3H3. The van der Waals surface area contributed by atoms with Gasteiger partial charge in [0.2, 0.25) is 0 Å². The molecule has 0 bridgehead atoms. The van der Waals surface area contributed by atoms with E-state index in [-0.39, 0.29) is 10.2 Å². The highest BCUT2D eigenvalue weighted by Crippen LogP contribution is 2.29. The molecule has 0 saturated carbocycles. The zero-order valence-electron chi connectivity index (χ0n) is 9.15. The van der Waals surface area contributed by atoms with Crippen LogP contribution < -0.4 is 0 Å². The topological polar surface area (TPSA) is 0 Å². The average molecular weight is 277 g/mol. The normalized spacial score (nSPS) is 14.0. The fourth-order valence-corrected chi connectivity index (χ4v) is 1.55. The Kier molecular flexibility index (Phi) is 3.87. The summed E-state index contributed by atoms with van der Waals surface area (Å²) in [5, 5.41) is 0. The summed E-state index contributed by atoms with van der Waals surface area (Å²) in [5.41, 5.74) is 0.913. The van der Waals surface area contributed by atoms with Crippen LogP contribution in [0.1, 0.15) is 26.3 Å². The zero-order valence-corrected chi connectivity index (χ0v) is 10.7. The molecule has 0 amide bonds. The van der Waals surface area contributed by atoms with Crippen molar-refractivity contribution in [1.29, 1.82) is 0 Å². The molecule has 1 rings (SSSR count). The van der Waals surface area contributed by atoms with Crippen LogP contribution in [0.5, 0.6) is 0 Å². The number of rotatable bonds is 2. The highest BCUT2D eigenvalue weighted by molar-refractivity contribution is 9.09. The van der Waals surface area contributed by atoms with Crippen LogP contribution in [0.15, 0.2) is 18.2 Å². The van der Waals surface area contributed by atoms with E-state index in [1.54, 1.807) is 6.07 Å². The van der Waals surface area contributed by atoms with Crippen molar-refractivity contribution in [2.75, 3.05) is 0 Å². The van der Waals surface area contributed by atoms with Crippen molar-refractivity contribution >= 4 is 15.9 Å². The number of hydrogen-bond acceptors (Lipinski definition) is 0. The molecule has 0 aliphatic heterocycles. The van der Waals surface area contributed by atoms with Gasteiger partial charge < -0.3 is 0 Å². The summed E-state index contributed by atoms with van der Waals surface area (Å²) in [5.74, 6) is -1.57. The lowest BCUT2D eigenvalue weighted by Gasteiger charge is -2.25. The molecule has 0 aliphatic carbocycles. The lowest BCUT2D eigenvalue weighted by molar-refractivity contribution is 0.397. The Balaban J connectivity index is 2.78. The van der Waals surface area contributed by atoms with E-state index in [4.69, 9.17) is 0 Å². The predicted molar refractivity (Wildman–Crippen MR) is 62.2 cm³/mol. The Bertz CT molecular complexity index is 342. The molecule has 1 aromatic rings. The van der Waals surface area contributed by atoms with Crippen molar-refractivity contribution in [2.24, 2.45) is 5.41 Å². The lowest BCUT2D eigenvalue weighted by atomic mass is 9.88. The van der Waals surface area contributed by atoms with Crippen LogP contribution in [0.25, 0.3) is 0 Å². The van der Waals surface area contributed by atoms with Crippen molar-refractivity contribution in [2.45, 2.75) is 32.0 Å². The first kappa shape index (κ1) is 12.6. The van der Waals surface area contributed by atoms with E-state index >= 15 is 0 Å². The number of halogens is 3. The maximum Gasteiger partial charge on any atom is 0.159 e. The van der Waals surface area contributed by atoms with Crippen molar-refractivity contribution in [1.82, 2.24) is 0 Å². The largest absolute Gasteiger partial charge is 0.204 e. The molecule has 0 fully saturated rings. The van der Waals surface area contributed by atoms with Crippen molar-refractivity contribution in [3.05, 3.63) is 35.4 Å². The molecule has 1 unspecified atom stereocenters. The van der Waals surface area contributed by atoms with Crippen LogP contribution >= 0.6 is 15.9 Å². The molecule has 0 aromatic heterocycles. The van der Waals surface area contributed by atoms with Gasteiger partial charge in [-0.3, -0.25) is 0 Å². The second-order valence-electron chi connectivity index (χ2n) is 4.79. The number of benzene rings is 1. The third kappa shape index (κ3) is 3.56. The predicted octanol–water partition coefficient (Wildman–Crippen LogP) is 4.32. The van der Waals surface area contributed by atoms with E-state index in [2.05, 4.69) is 36.7 Å². The van der Waals surface area contributed by atoms with Gasteiger partial charge in [0.25, 0.3) is 0 Å². The molecular weight excluding hydrogens is 262 g/mol. The summed E-state index contributed by atoms with van der Waals surface area (Å²) in [7, 11) is 0. The van der Waals surface area contributed by atoms with Crippen molar-refractivity contribution in [3.63, 3.8) is 0 Å². The molecule has 1 aromatic carbocycles. The lowest BCUT2D eigenvalue weighted by Crippen LogP contribution is -2.22. The summed E-state index contributed by atoms with van der Waals surface area (Å²) >= 11 is 3.56. The van der Waals surface area contributed by atoms with Gasteiger partial charge in [0.05, 0.1) is 0 Å². The molecule has 84 valence electrons. The van der Waals surface area contributed by atoms with Crippen LogP contribution in [-0.2, 0) is 6.42 Å². The second kappa shape index (κ2) is 4.60. The third-order valence-corrected chi connectivity index (χ3v) is 4.04. The van der Waals surface area contributed by atoms with Gasteiger partial charge in [0, 0.05) is 4.83 Å². The van der Waals surface area contributed by atoms with Gasteiger partial charge in [-0.1, -0.05) is 42.8 Å². The van der Waals surface area contributed by atoms with Crippen molar-refractivity contribution in [3.8, 4) is 0 Å². The smallest absolute Gasteiger partial charge is 0.159 e. The van der Waals surface area contributed by atoms with E-state index < -0.39 is 11.6 Å². The summed E-state index contributed by atoms with van der Waals surface area (Å²) in [4.78, 5) is 0.245. The first-order valence-electron chi connectivity index (χ1n) is 4.88. The number of alkyl halides is 1. The van der Waals surface area contributed by atoms with E-state index in [0.717, 1.165) is 5.56 Å². The Labute approximate surface area is 97.8 Å². The first-order valence-corrected chi connectivity index (χ1v) is 5.80. The minimum Gasteiger partial charge on any atom is -0.204 e. The van der Waals surface area contributed by atoms with Crippen molar-refractivity contribution < 1.29 is 8.78 Å². The molecule has 0 spiro atoms. The summed E-state index contributed by atoms with van der Waals surface area (Å²) in [6, 6.07) is 4.06. The Morgan fingerprint density at radius 2 is 1.80 bits per heavy atom. The van der Waals surface area contributed by atoms with E-state index in [1.165, 1.54) is 12.1 Å². The summed E-state index contributed by atoms with van der Waals surface area (Å²) in [6.45, 7) is 6.31. The minimum absolute atomic E-state index is 0.102. The maximum atomic E-state index is 12.9. The van der Waals surface area contributed by atoms with Crippen LogP contribution in [-0.4, -0.2) is 4.83 Å². The van der Waals surface area contributed by atoms with E-state index in [0.29, 0.717) is 6.42 Å².